The minimum atomic E-state index is -3.83. The Hall–Kier alpha value is -2.95. The second-order valence-electron chi connectivity index (χ2n) is 5.78. The fourth-order valence-corrected chi connectivity index (χ4v) is 3.22. The molecule has 1 heterocycles. The van der Waals surface area contributed by atoms with Gasteiger partial charge in [-0.25, -0.2) is 22.8 Å². The lowest BCUT2D eigenvalue weighted by molar-refractivity contribution is 0.587. The Kier molecular flexibility index (Phi) is 5.63. The second kappa shape index (κ2) is 7.97. The first kappa shape index (κ1) is 19.8. The highest BCUT2D eigenvalue weighted by Gasteiger charge is 2.15. The van der Waals surface area contributed by atoms with Gasteiger partial charge in [0.1, 0.15) is 17.8 Å². The third-order valence-corrected chi connectivity index (χ3v) is 5.25. The van der Waals surface area contributed by atoms with Gasteiger partial charge in [-0.05, 0) is 37.3 Å². The van der Waals surface area contributed by atoms with E-state index in [0.29, 0.717) is 5.69 Å². The Morgan fingerprint density at radius 1 is 1.07 bits per heavy atom. The lowest BCUT2D eigenvalue weighted by Crippen LogP contribution is -2.30. The zero-order chi connectivity index (χ0) is 20.3. The van der Waals surface area contributed by atoms with E-state index in [1.165, 1.54) is 36.7 Å². The van der Waals surface area contributed by atoms with Crippen molar-refractivity contribution in [2.75, 3.05) is 16.5 Å². The molecule has 3 rings (SSSR count). The van der Waals surface area contributed by atoms with Crippen LogP contribution in [0.5, 0.6) is 0 Å². The van der Waals surface area contributed by atoms with E-state index in [1.807, 2.05) is 6.92 Å². The number of aromatic nitrogens is 2. The summed E-state index contributed by atoms with van der Waals surface area (Å²) in [5, 5.41) is 2.80. The number of sulfonamides is 1. The molecule has 0 unspecified atom stereocenters. The third-order valence-electron chi connectivity index (χ3n) is 3.70. The first-order valence-corrected chi connectivity index (χ1v) is 9.79. The maximum Gasteiger partial charge on any atom is 0.257 e. The van der Waals surface area contributed by atoms with Gasteiger partial charge in [-0.3, -0.25) is 5.43 Å². The van der Waals surface area contributed by atoms with Crippen LogP contribution in [-0.4, -0.2) is 18.4 Å². The van der Waals surface area contributed by atoms with Crippen LogP contribution in [0.2, 0.25) is 5.02 Å². The van der Waals surface area contributed by atoms with Crippen molar-refractivity contribution in [2.24, 2.45) is 0 Å². The number of nitrogens with two attached hydrogens (primary N) is 1. The molecule has 8 nitrogen and oxygen atoms in total. The number of halogens is 2. The van der Waals surface area contributed by atoms with Crippen molar-refractivity contribution >= 4 is 44.6 Å². The largest absolute Gasteiger partial charge is 0.393 e. The zero-order valence-corrected chi connectivity index (χ0v) is 16.1. The summed E-state index contributed by atoms with van der Waals surface area (Å²) in [6, 6.07) is 10.3. The smallest absolute Gasteiger partial charge is 0.257 e. The standard InChI is InChI=1S/C17H16ClFN6O2S/c1-10-2-5-12(6-3-10)28(26,27)25-24-17-15(20)16(21-9-22-17)23-11-4-7-14(19)13(18)8-11/h2-9,25H,20H2,1H3,(H2,21,22,23,24). The van der Waals surface area contributed by atoms with Crippen LogP contribution in [0.15, 0.2) is 53.7 Å². The summed E-state index contributed by atoms with van der Waals surface area (Å²) >= 11 is 5.75. The zero-order valence-electron chi connectivity index (χ0n) is 14.6. The molecule has 11 heteroatoms. The van der Waals surface area contributed by atoms with Crippen molar-refractivity contribution in [3.05, 3.63) is 65.2 Å². The van der Waals surface area contributed by atoms with Crippen molar-refractivity contribution in [2.45, 2.75) is 11.8 Å². The molecule has 0 radical (unpaired) electrons. The Labute approximate surface area is 166 Å². The van der Waals surface area contributed by atoms with Crippen molar-refractivity contribution in [3.63, 3.8) is 0 Å². The molecular formula is C17H16ClFN6O2S. The van der Waals surface area contributed by atoms with E-state index >= 15 is 0 Å². The number of nitrogens with zero attached hydrogens (tertiary/aromatic N) is 2. The average molecular weight is 423 g/mol. The molecule has 146 valence electrons. The molecule has 0 saturated carbocycles. The molecule has 0 spiro atoms. The van der Waals surface area contributed by atoms with Crippen LogP contribution in [0.3, 0.4) is 0 Å². The maximum absolute atomic E-state index is 13.3. The molecule has 3 aromatic rings. The summed E-state index contributed by atoms with van der Waals surface area (Å²) in [6.07, 6.45) is 1.19. The summed E-state index contributed by atoms with van der Waals surface area (Å²) < 4.78 is 38.0. The molecule has 0 amide bonds. The quantitative estimate of drug-likeness (QED) is 0.450. The minimum absolute atomic E-state index is 0.0430. The number of anilines is 4. The molecule has 5 N–H and O–H groups in total. The van der Waals surface area contributed by atoms with Crippen LogP contribution in [0, 0.1) is 12.7 Å². The van der Waals surface area contributed by atoms with E-state index in [-0.39, 0.29) is 27.2 Å². The predicted molar refractivity (Wildman–Crippen MR) is 106 cm³/mol. The molecule has 0 saturated heterocycles. The van der Waals surface area contributed by atoms with Gasteiger partial charge in [0, 0.05) is 5.69 Å². The fourth-order valence-electron chi connectivity index (χ4n) is 2.20. The molecule has 0 fully saturated rings. The summed E-state index contributed by atoms with van der Waals surface area (Å²) in [5.41, 5.74) is 9.90. The van der Waals surface area contributed by atoms with E-state index in [9.17, 15) is 12.8 Å². The molecule has 0 aliphatic carbocycles. The van der Waals surface area contributed by atoms with Gasteiger partial charge in [0.15, 0.2) is 11.6 Å². The Bertz CT molecular complexity index is 1110. The monoisotopic (exact) mass is 422 g/mol. The van der Waals surface area contributed by atoms with Crippen molar-refractivity contribution in [3.8, 4) is 0 Å². The number of hydrazine groups is 1. The summed E-state index contributed by atoms with van der Waals surface area (Å²) in [5.74, 6) is -0.327. The van der Waals surface area contributed by atoms with E-state index in [2.05, 4.69) is 25.5 Å². The normalized spacial score (nSPS) is 11.2. The van der Waals surface area contributed by atoms with Gasteiger partial charge in [0.05, 0.1) is 9.92 Å². The lowest BCUT2D eigenvalue weighted by atomic mass is 10.2. The molecule has 28 heavy (non-hydrogen) atoms. The molecule has 0 aliphatic rings. The third kappa shape index (κ3) is 4.47. The first-order chi connectivity index (χ1) is 13.3. The van der Waals surface area contributed by atoms with Gasteiger partial charge in [0.2, 0.25) is 0 Å². The van der Waals surface area contributed by atoms with Crippen LogP contribution in [-0.2, 0) is 10.0 Å². The average Bonchev–Trinajstić information content (AvgIpc) is 2.66. The van der Waals surface area contributed by atoms with E-state index in [0.717, 1.165) is 5.56 Å². The SMILES string of the molecule is Cc1ccc(S(=O)(=O)NNc2ncnc(Nc3ccc(F)c(Cl)c3)c2N)cc1. The summed E-state index contributed by atoms with van der Waals surface area (Å²) in [6.45, 7) is 1.85. The van der Waals surface area contributed by atoms with Gasteiger partial charge in [0.25, 0.3) is 10.0 Å². The van der Waals surface area contributed by atoms with Crippen LogP contribution >= 0.6 is 11.6 Å². The summed E-state index contributed by atoms with van der Waals surface area (Å²) in [4.78, 5) is 10.2. The van der Waals surface area contributed by atoms with Gasteiger partial charge in [-0.2, -0.15) is 0 Å². The number of nitrogens with one attached hydrogen (secondary N) is 3. The highest BCUT2D eigenvalue weighted by atomic mass is 35.5. The van der Waals surface area contributed by atoms with Crippen molar-refractivity contribution < 1.29 is 12.8 Å². The van der Waals surface area contributed by atoms with Crippen molar-refractivity contribution in [1.82, 2.24) is 14.8 Å². The number of benzene rings is 2. The van der Waals surface area contributed by atoms with E-state index < -0.39 is 15.8 Å². The first-order valence-electron chi connectivity index (χ1n) is 7.93. The van der Waals surface area contributed by atoms with E-state index in [4.69, 9.17) is 17.3 Å². The van der Waals surface area contributed by atoms with Crippen LogP contribution in [0.25, 0.3) is 0 Å². The van der Waals surface area contributed by atoms with Crippen LogP contribution < -0.4 is 21.3 Å². The predicted octanol–water partition coefficient (Wildman–Crippen LogP) is 3.21. The topological polar surface area (TPSA) is 122 Å². The van der Waals surface area contributed by atoms with Crippen LogP contribution in [0.1, 0.15) is 5.56 Å². The number of hydrogen-bond acceptors (Lipinski definition) is 7. The number of hydrogen-bond donors (Lipinski definition) is 4. The van der Waals surface area contributed by atoms with Crippen molar-refractivity contribution in [1.29, 1.82) is 0 Å². The Morgan fingerprint density at radius 2 is 1.75 bits per heavy atom. The number of aryl methyl sites for hydroxylation is 1. The molecular weight excluding hydrogens is 407 g/mol. The second-order valence-corrected chi connectivity index (χ2v) is 7.87. The number of nitrogen functional groups attached to an aromatic ring is 1. The lowest BCUT2D eigenvalue weighted by Gasteiger charge is -2.13. The van der Waals surface area contributed by atoms with Gasteiger partial charge in [-0.1, -0.05) is 29.3 Å². The van der Waals surface area contributed by atoms with E-state index in [1.54, 1.807) is 12.1 Å². The van der Waals surface area contributed by atoms with Crippen LogP contribution in [0.4, 0.5) is 27.4 Å². The molecule has 2 aromatic carbocycles. The van der Waals surface area contributed by atoms with Gasteiger partial charge < -0.3 is 11.1 Å². The fraction of sp³-hybridized carbons (Fsp3) is 0.0588. The molecule has 0 bridgehead atoms. The highest BCUT2D eigenvalue weighted by molar-refractivity contribution is 7.89. The van der Waals surface area contributed by atoms with Gasteiger partial charge >= 0.3 is 0 Å². The Morgan fingerprint density at radius 3 is 2.43 bits per heavy atom. The Balaban J connectivity index is 1.77. The maximum atomic E-state index is 13.3. The molecule has 1 aromatic heterocycles. The minimum Gasteiger partial charge on any atom is -0.393 e. The van der Waals surface area contributed by atoms with Gasteiger partial charge in [-0.15, -0.1) is 4.83 Å². The molecule has 0 atom stereocenters. The summed E-state index contributed by atoms with van der Waals surface area (Å²) in [7, 11) is -3.83. The number of rotatable bonds is 6. The molecule has 0 aliphatic heterocycles. The highest BCUT2D eigenvalue weighted by Crippen LogP contribution is 2.27.